The molecule has 4 N–H and O–H groups in total. The van der Waals surface area contributed by atoms with E-state index in [0.717, 1.165) is 24.8 Å². The predicted octanol–water partition coefficient (Wildman–Crippen LogP) is 1.16. The van der Waals surface area contributed by atoms with Crippen molar-refractivity contribution in [2.75, 3.05) is 4.72 Å². The molecule has 0 unspecified atom stereocenters. The van der Waals surface area contributed by atoms with Crippen LogP contribution in [0.5, 0.6) is 0 Å². The molecule has 0 spiro atoms. The van der Waals surface area contributed by atoms with Crippen molar-refractivity contribution < 1.29 is 8.42 Å². The number of nitrogens with two attached hydrogens (primary N) is 1. The van der Waals surface area contributed by atoms with Crippen molar-refractivity contribution in [2.24, 2.45) is 5.73 Å². The van der Waals surface area contributed by atoms with Gasteiger partial charge in [-0.1, -0.05) is 6.07 Å². The van der Waals surface area contributed by atoms with Crippen molar-refractivity contribution >= 4 is 15.8 Å². The van der Waals surface area contributed by atoms with Crippen LogP contribution >= 0.6 is 0 Å². The Morgan fingerprint density at radius 1 is 1.30 bits per heavy atom. The molecular weight excluding hydrogens is 276 g/mol. The number of H-pyrrole nitrogens is 1. The minimum absolute atomic E-state index is 0.221. The third kappa shape index (κ3) is 2.30. The number of anilines is 1. The number of aryl methyl sites for hydroxylation is 2. The Labute approximate surface area is 117 Å². The minimum Gasteiger partial charge on any atom is -0.326 e. The van der Waals surface area contributed by atoms with Crippen LogP contribution in [0.3, 0.4) is 0 Å². The third-order valence-electron chi connectivity index (χ3n) is 3.55. The molecule has 1 aromatic heterocycles. The summed E-state index contributed by atoms with van der Waals surface area (Å²) in [5.74, 6) is 0.327. The highest BCUT2D eigenvalue weighted by Gasteiger charge is 2.20. The molecule has 0 fully saturated rings. The summed E-state index contributed by atoms with van der Waals surface area (Å²) in [6.07, 6.45) is 4.57. The number of hydrogen-bond acceptors (Lipinski definition) is 4. The van der Waals surface area contributed by atoms with E-state index < -0.39 is 10.0 Å². The minimum atomic E-state index is -3.61. The molecule has 0 radical (unpaired) electrons. The van der Waals surface area contributed by atoms with Crippen LogP contribution in [0.15, 0.2) is 29.3 Å². The van der Waals surface area contributed by atoms with E-state index in [-0.39, 0.29) is 11.4 Å². The molecule has 6 nitrogen and oxygen atoms in total. The van der Waals surface area contributed by atoms with Gasteiger partial charge in [-0.05, 0) is 42.5 Å². The average molecular weight is 292 g/mol. The molecular formula is C13H16N4O2S. The largest absolute Gasteiger partial charge is 0.326 e. The summed E-state index contributed by atoms with van der Waals surface area (Å²) < 4.78 is 27.2. The van der Waals surface area contributed by atoms with Gasteiger partial charge >= 0.3 is 0 Å². The molecule has 1 aliphatic rings. The number of sulfonamides is 1. The quantitative estimate of drug-likeness (QED) is 0.787. The van der Waals surface area contributed by atoms with E-state index >= 15 is 0 Å². The molecule has 1 heterocycles. The summed E-state index contributed by atoms with van der Waals surface area (Å²) in [6, 6.07) is 5.29. The highest BCUT2D eigenvalue weighted by atomic mass is 32.2. The summed E-state index contributed by atoms with van der Waals surface area (Å²) in [5, 5.41) is 6.41. The fourth-order valence-corrected chi connectivity index (χ4v) is 3.57. The second-order valence-electron chi connectivity index (χ2n) is 4.86. The molecule has 0 saturated heterocycles. The molecule has 0 aliphatic heterocycles. The molecule has 3 rings (SSSR count). The zero-order chi connectivity index (χ0) is 14.2. The molecule has 0 atom stereocenters. The SMILES string of the molecule is NCc1cn[nH]c1NS(=O)(=O)c1ccc2c(c1)CCC2. The maximum Gasteiger partial charge on any atom is 0.263 e. The topological polar surface area (TPSA) is 101 Å². The van der Waals surface area contributed by atoms with Crippen LogP contribution in [0.25, 0.3) is 0 Å². The first kappa shape index (κ1) is 13.1. The highest BCUT2D eigenvalue weighted by Crippen LogP contribution is 2.25. The number of benzene rings is 1. The van der Waals surface area contributed by atoms with Gasteiger partial charge in [-0.25, -0.2) is 8.42 Å². The van der Waals surface area contributed by atoms with Crippen molar-refractivity contribution in [2.45, 2.75) is 30.7 Å². The fraction of sp³-hybridized carbons (Fsp3) is 0.308. The monoisotopic (exact) mass is 292 g/mol. The lowest BCUT2D eigenvalue weighted by Crippen LogP contribution is -2.15. The van der Waals surface area contributed by atoms with E-state index in [0.29, 0.717) is 11.4 Å². The Morgan fingerprint density at radius 3 is 2.90 bits per heavy atom. The maximum atomic E-state index is 12.4. The van der Waals surface area contributed by atoms with Crippen LogP contribution in [-0.2, 0) is 29.4 Å². The van der Waals surface area contributed by atoms with Gasteiger partial charge in [0.05, 0.1) is 11.1 Å². The summed E-state index contributed by atoms with van der Waals surface area (Å²) in [7, 11) is -3.61. The summed E-state index contributed by atoms with van der Waals surface area (Å²) >= 11 is 0. The van der Waals surface area contributed by atoms with Gasteiger partial charge in [-0.2, -0.15) is 5.10 Å². The Kier molecular flexibility index (Phi) is 3.23. The standard InChI is InChI=1S/C13H16N4O2S/c14-7-11-8-15-16-13(11)17-20(18,19)12-5-4-9-2-1-3-10(9)6-12/h4-6,8H,1-3,7,14H2,(H2,15,16,17). The van der Waals surface area contributed by atoms with Gasteiger partial charge in [0.15, 0.2) is 0 Å². The number of aromatic nitrogens is 2. The predicted molar refractivity (Wildman–Crippen MR) is 75.8 cm³/mol. The molecule has 0 bridgehead atoms. The zero-order valence-electron chi connectivity index (χ0n) is 10.9. The van der Waals surface area contributed by atoms with Gasteiger partial charge in [-0.3, -0.25) is 9.82 Å². The first-order chi connectivity index (χ1) is 9.60. The van der Waals surface area contributed by atoms with Crippen LogP contribution < -0.4 is 10.5 Å². The van der Waals surface area contributed by atoms with E-state index in [1.54, 1.807) is 12.1 Å². The fourth-order valence-electron chi connectivity index (χ4n) is 2.46. The summed E-state index contributed by atoms with van der Waals surface area (Å²) in [6.45, 7) is 0.221. The van der Waals surface area contributed by atoms with Crippen LogP contribution in [-0.4, -0.2) is 18.6 Å². The molecule has 0 amide bonds. The number of nitrogens with zero attached hydrogens (tertiary/aromatic N) is 1. The van der Waals surface area contributed by atoms with Crippen molar-refractivity contribution in [3.63, 3.8) is 0 Å². The van der Waals surface area contributed by atoms with E-state index in [2.05, 4.69) is 14.9 Å². The second-order valence-corrected chi connectivity index (χ2v) is 6.55. The number of hydrogen-bond donors (Lipinski definition) is 3. The van der Waals surface area contributed by atoms with E-state index in [1.807, 2.05) is 6.07 Å². The molecule has 1 aromatic carbocycles. The lowest BCUT2D eigenvalue weighted by atomic mass is 10.1. The zero-order valence-corrected chi connectivity index (χ0v) is 11.7. The second kappa shape index (κ2) is 4.92. The Bertz CT molecular complexity index is 737. The van der Waals surface area contributed by atoms with Crippen molar-refractivity contribution in [1.29, 1.82) is 0 Å². The Morgan fingerprint density at radius 2 is 2.10 bits per heavy atom. The highest BCUT2D eigenvalue weighted by molar-refractivity contribution is 7.92. The molecule has 106 valence electrons. The van der Waals surface area contributed by atoms with Gasteiger partial charge in [0.1, 0.15) is 5.82 Å². The van der Waals surface area contributed by atoms with Crippen LogP contribution in [0.4, 0.5) is 5.82 Å². The number of aromatic amines is 1. The lowest BCUT2D eigenvalue weighted by molar-refractivity contribution is 0.601. The molecule has 7 heteroatoms. The van der Waals surface area contributed by atoms with Gasteiger partial charge in [-0.15, -0.1) is 0 Å². The average Bonchev–Trinajstić information content (AvgIpc) is 3.05. The normalized spacial score (nSPS) is 14.2. The third-order valence-corrected chi connectivity index (χ3v) is 4.90. The van der Waals surface area contributed by atoms with Gasteiger partial charge in [0.2, 0.25) is 0 Å². The van der Waals surface area contributed by atoms with Gasteiger partial charge in [0, 0.05) is 12.1 Å². The van der Waals surface area contributed by atoms with Crippen molar-refractivity contribution in [1.82, 2.24) is 10.2 Å². The van der Waals surface area contributed by atoms with Gasteiger partial charge in [0.25, 0.3) is 10.0 Å². The van der Waals surface area contributed by atoms with Gasteiger partial charge < -0.3 is 5.73 Å². The van der Waals surface area contributed by atoms with E-state index in [9.17, 15) is 8.42 Å². The Hall–Kier alpha value is -1.86. The first-order valence-electron chi connectivity index (χ1n) is 6.47. The molecule has 0 saturated carbocycles. The molecule has 1 aliphatic carbocycles. The number of fused-ring (bicyclic) bond motifs is 1. The summed E-state index contributed by atoms with van der Waals surface area (Å²) in [4.78, 5) is 0.274. The number of rotatable bonds is 4. The maximum absolute atomic E-state index is 12.4. The van der Waals surface area contributed by atoms with E-state index in [4.69, 9.17) is 5.73 Å². The smallest absolute Gasteiger partial charge is 0.263 e. The van der Waals surface area contributed by atoms with Crippen LogP contribution in [0, 0.1) is 0 Å². The first-order valence-corrected chi connectivity index (χ1v) is 7.95. The van der Waals surface area contributed by atoms with Crippen LogP contribution in [0.2, 0.25) is 0 Å². The molecule has 2 aromatic rings. The summed E-state index contributed by atoms with van der Waals surface area (Å²) in [5.41, 5.74) is 8.53. The van der Waals surface area contributed by atoms with Crippen LogP contribution in [0.1, 0.15) is 23.1 Å². The van der Waals surface area contributed by atoms with Crippen molar-refractivity contribution in [3.8, 4) is 0 Å². The van der Waals surface area contributed by atoms with Crippen molar-refractivity contribution in [3.05, 3.63) is 41.1 Å². The lowest BCUT2D eigenvalue weighted by Gasteiger charge is -2.09. The van der Waals surface area contributed by atoms with E-state index in [1.165, 1.54) is 11.8 Å². The molecule has 20 heavy (non-hydrogen) atoms. The Balaban J connectivity index is 1.92. The number of nitrogens with one attached hydrogen (secondary N) is 2.